The Morgan fingerprint density at radius 1 is 0.270 bits per heavy atom. The molecule has 0 aliphatic carbocycles. The van der Waals surface area contributed by atoms with E-state index >= 15 is 0 Å². The molecule has 63 heavy (non-hydrogen) atoms. The molecule has 0 bridgehead atoms. The molecule has 294 valence electrons. The number of para-hydroxylation sites is 4. The van der Waals surface area contributed by atoms with Crippen molar-refractivity contribution < 1.29 is 0 Å². The Bertz CT molecular complexity index is 3770. The Labute approximate surface area is 363 Å². The lowest BCUT2D eigenvalue weighted by molar-refractivity contribution is 1.16. The Morgan fingerprint density at radius 2 is 0.730 bits per heavy atom. The zero-order valence-corrected chi connectivity index (χ0v) is 34.1. The average Bonchev–Trinajstić information content (AvgIpc) is 4.00. The van der Waals surface area contributed by atoms with Gasteiger partial charge in [-0.15, -0.1) is 0 Å². The minimum absolute atomic E-state index is 0.703. The summed E-state index contributed by atoms with van der Waals surface area (Å²) < 4.78 is 7.29. The third-order valence-corrected chi connectivity index (χ3v) is 12.6. The highest BCUT2D eigenvalue weighted by molar-refractivity contribution is 6.26. The maximum absolute atomic E-state index is 5.15. The van der Waals surface area contributed by atoms with Crippen molar-refractivity contribution in [2.24, 2.45) is 0 Å². The molecule has 0 N–H and O–H groups in total. The zero-order chi connectivity index (χ0) is 41.4. The van der Waals surface area contributed by atoms with Gasteiger partial charge in [-0.25, -0.2) is 9.97 Å². The van der Waals surface area contributed by atoms with E-state index in [0.29, 0.717) is 5.82 Å². The second-order valence-corrected chi connectivity index (χ2v) is 16.2. The molecular weight excluding hydrogens is 767 g/mol. The van der Waals surface area contributed by atoms with Crippen molar-refractivity contribution in [3.05, 3.63) is 224 Å². The van der Waals surface area contributed by atoms with Gasteiger partial charge in [-0.3, -0.25) is 0 Å². The number of hydrogen-bond acceptors (Lipinski definition) is 2. The molecule has 5 nitrogen and oxygen atoms in total. The van der Waals surface area contributed by atoms with E-state index in [2.05, 4.69) is 214 Å². The van der Waals surface area contributed by atoms with Gasteiger partial charge in [0.1, 0.15) is 0 Å². The summed E-state index contributed by atoms with van der Waals surface area (Å²) in [5.74, 6) is 0.703. The van der Waals surface area contributed by atoms with E-state index in [1.54, 1.807) is 0 Å². The number of rotatable bonds is 6. The van der Waals surface area contributed by atoms with Gasteiger partial charge >= 0.3 is 0 Å². The maximum Gasteiger partial charge on any atom is 0.160 e. The Hall–Kier alpha value is -8.54. The number of fused-ring (bicyclic) bond motifs is 10. The quantitative estimate of drug-likeness (QED) is 0.168. The molecule has 4 aromatic heterocycles. The minimum Gasteiger partial charge on any atom is -0.309 e. The van der Waals surface area contributed by atoms with E-state index in [-0.39, 0.29) is 0 Å². The molecule has 0 amide bonds. The Kier molecular flexibility index (Phi) is 7.84. The third-order valence-electron chi connectivity index (χ3n) is 12.6. The topological polar surface area (TPSA) is 40.6 Å². The van der Waals surface area contributed by atoms with Gasteiger partial charge in [-0.1, -0.05) is 152 Å². The lowest BCUT2D eigenvalue weighted by Crippen LogP contribution is -1.98. The fourth-order valence-electron chi connectivity index (χ4n) is 9.86. The van der Waals surface area contributed by atoms with E-state index < -0.39 is 0 Å². The van der Waals surface area contributed by atoms with Crippen molar-refractivity contribution in [2.45, 2.75) is 0 Å². The maximum atomic E-state index is 5.15. The average molecular weight is 804 g/mol. The van der Waals surface area contributed by atoms with Crippen LogP contribution in [-0.4, -0.2) is 23.7 Å². The fourth-order valence-corrected chi connectivity index (χ4v) is 9.86. The summed E-state index contributed by atoms with van der Waals surface area (Å²) in [6.45, 7) is 0. The van der Waals surface area contributed by atoms with Crippen LogP contribution in [0.25, 0.3) is 116 Å². The van der Waals surface area contributed by atoms with Crippen molar-refractivity contribution in [2.75, 3.05) is 0 Å². The lowest BCUT2D eigenvalue weighted by atomic mass is 10.1. The molecule has 0 saturated carbocycles. The van der Waals surface area contributed by atoms with Gasteiger partial charge in [0.2, 0.25) is 0 Å². The largest absolute Gasteiger partial charge is 0.309 e. The van der Waals surface area contributed by atoms with Gasteiger partial charge in [0.25, 0.3) is 0 Å². The van der Waals surface area contributed by atoms with Crippen LogP contribution in [0.1, 0.15) is 0 Å². The van der Waals surface area contributed by atoms with Gasteiger partial charge in [0.15, 0.2) is 5.82 Å². The molecule has 5 heteroatoms. The van der Waals surface area contributed by atoms with E-state index in [0.717, 1.165) is 50.7 Å². The zero-order valence-electron chi connectivity index (χ0n) is 34.1. The van der Waals surface area contributed by atoms with E-state index in [9.17, 15) is 0 Å². The Morgan fingerprint density at radius 3 is 1.38 bits per heavy atom. The van der Waals surface area contributed by atoms with E-state index in [1.165, 1.54) is 59.9 Å². The molecule has 0 saturated heterocycles. The predicted molar refractivity (Wildman–Crippen MR) is 261 cm³/mol. The second kappa shape index (κ2) is 14.0. The number of aromatic nitrogens is 5. The van der Waals surface area contributed by atoms with Crippen LogP contribution >= 0.6 is 0 Å². The van der Waals surface area contributed by atoms with Crippen molar-refractivity contribution in [1.82, 2.24) is 23.7 Å². The van der Waals surface area contributed by atoms with Crippen LogP contribution < -0.4 is 0 Å². The molecule has 0 spiro atoms. The third kappa shape index (κ3) is 5.50. The summed E-state index contributed by atoms with van der Waals surface area (Å²) in [5.41, 5.74) is 15.2. The van der Waals surface area contributed by atoms with E-state index in [1.807, 2.05) is 24.3 Å². The highest BCUT2D eigenvalue weighted by atomic mass is 15.0. The van der Waals surface area contributed by atoms with Gasteiger partial charge in [0, 0.05) is 66.1 Å². The van der Waals surface area contributed by atoms with Crippen LogP contribution in [0, 0.1) is 0 Å². The molecule has 13 rings (SSSR count). The number of hydrogen-bond donors (Lipinski definition) is 0. The van der Waals surface area contributed by atoms with Crippen LogP contribution in [0.5, 0.6) is 0 Å². The van der Waals surface area contributed by atoms with Crippen LogP contribution in [0.4, 0.5) is 0 Å². The molecule has 0 atom stereocenters. The van der Waals surface area contributed by atoms with Crippen LogP contribution in [0.2, 0.25) is 0 Å². The highest BCUT2D eigenvalue weighted by Crippen LogP contribution is 2.43. The van der Waals surface area contributed by atoms with Crippen molar-refractivity contribution in [1.29, 1.82) is 0 Å². The smallest absolute Gasteiger partial charge is 0.160 e. The molecule has 13 aromatic rings. The first kappa shape index (κ1) is 35.2. The first-order valence-corrected chi connectivity index (χ1v) is 21.4. The summed E-state index contributed by atoms with van der Waals surface area (Å²) in [7, 11) is 0. The monoisotopic (exact) mass is 803 g/mol. The van der Waals surface area contributed by atoms with Crippen LogP contribution in [0.15, 0.2) is 224 Å². The molecule has 0 radical (unpaired) electrons. The van der Waals surface area contributed by atoms with Gasteiger partial charge in [-0.2, -0.15) is 0 Å². The molecule has 0 aliphatic rings. The molecule has 0 aliphatic heterocycles. The van der Waals surface area contributed by atoms with E-state index in [4.69, 9.17) is 9.97 Å². The summed E-state index contributed by atoms with van der Waals surface area (Å²) >= 11 is 0. The van der Waals surface area contributed by atoms with Crippen molar-refractivity contribution >= 4 is 65.4 Å². The first-order chi connectivity index (χ1) is 31.3. The molecule has 0 fully saturated rings. The van der Waals surface area contributed by atoms with Crippen molar-refractivity contribution in [3.8, 4) is 51.0 Å². The summed E-state index contributed by atoms with van der Waals surface area (Å²) in [6.07, 6.45) is 0. The molecule has 9 aromatic carbocycles. The van der Waals surface area contributed by atoms with Gasteiger partial charge < -0.3 is 13.7 Å². The fraction of sp³-hybridized carbons (Fsp3) is 0. The first-order valence-electron chi connectivity index (χ1n) is 21.4. The van der Waals surface area contributed by atoms with Crippen LogP contribution in [-0.2, 0) is 0 Å². The standard InChI is InChI=1S/C58H37N5/c1-4-16-38(17-5-1)49-37-50(60-58(59-49)40-18-6-2-7-19-40)39-28-30-42(31-29-39)63-54-34-32-43(62-51-25-13-10-22-44(51)45-23-11-14-26-52(45)62)36-48(54)46-33-35-55-56(57(46)63)47-24-12-15-27-53(47)61(55)41-20-8-3-9-21-41/h1-37H. The molecular formula is C58H37N5. The molecule has 4 heterocycles. The predicted octanol–water partition coefficient (Wildman–Crippen LogP) is 14.8. The van der Waals surface area contributed by atoms with Gasteiger partial charge in [0.05, 0.1) is 44.5 Å². The number of benzene rings is 9. The Balaban J connectivity index is 1.07. The SMILES string of the molecule is c1ccc(-c2cc(-c3ccc(-n4c5ccc(-n6c7ccccc7c7ccccc76)cc5c5ccc6c(c7ccccc7n6-c6ccccc6)c54)cc3)nc(-c3ccccc3)n2)cc1. The summed E-state index contributed by atoms with van der Waals surface area (Å²) in [5, 5.41) is 7.34. The second-order valence-electron chi connectivity index (χ2n) is 16.2. The highest BCUT2D eigenvalue weighted by Gasteiger charge is 2.22. The number of nitrogens with zero attached hydrogens (tertiary/aromatic N) is 5. The summed E-state index contributed by atoms with van der Waals surface area (Å²) in [4.78, 5) is 10.2. The van der Waals surface area contributed by atoms with Gasteiger partial charge in [-0.05, 0) is 72.8 Å². The normalized spacial score (nSPS) is 11.8. The minimum atomic E-state index is 0.703. The molecule has 0 unspecified atom stereocenters. The lowest BCUT2D eigenvalue weighted by Gasteiger charge is -2.12. The van der Waals surface area contributed by atoms with Crippen molar-refractivity contribution in [3.63, 3.8) is 0 Å². The van der Waals surface area contributed by atoms with Crippen LogP contribution in [0.3, 0.4) is 0 Å². The summed E-state index contributed by atoms with van der Waals surface area (Å²) in [6, 6.07) is 80.2.